The Morgan fingerprint density at radius 2 is 1.57 bits per heavy atom. The van der Waals surface area contributed by atoms with Crippen molar-refractivity contribution in [2.75, 3.05) is 6.61 Å². The minimum atomic E-state index is 0.562. The molecule has 1 aliphatic rings. The van der Waals surface area contributed by atoms with Crippen LogP contribution in [-0.4, -0.2) is 12.7 Å². The van der Waals surface area contributed by atoms with Gasteiger partial charge in [0, 0.05) is 6.61 Å². The second kappa shape index (κ2) is 5.75. The molecule has 0 radical (unpaired) electrons. The van der Waals surface area contributed by atoms with E-state index in [4.69, 9.17) is 4.74 Å². The predicted octanol–water partition coefficient (Wildman–Crippen LogP) is 3.87. The van der Waals surface area contributed by atoms with Crippen LogP contribution in [0.2, 0.25) is 0 Å². The Morgan fingerprint density at radius 3 is 2.00 bits per heavy atom. The van der Waals surface area contributed by atoms with Crippen molar-refractivity contribution in [2.45, 2.75) is 59.5 Å². The topological polar surface area (TPSA) is 9.23 Å². The van der Waals surface area contributed by atoms with E-state index >= 15 is 0 Å². The summed E-state index contributed by atoms with van der Waals surface area (Å²) in [6.07, 6.45) is 5.89. The number of ether oxygens (including phenoxy) is 1. The van der Waals surface area contributed by atoms with Crippen LogP contribution >= 0.6 is 0 Å². The number of rotatable bonds is 4. The summed E-state index contributed by atoms with van der Waals surface area (Å²) in [4.78, 5) is 0. The van der Waals surface area contributed by atoms with Gasteiger partial charge in [-0.15, -0.1) is 0 Å². The Kier molecular flexibility index (Phi) is 4.94. The van der Waals surface area contributed by atoms with E-state index in [-0.39, 0.29) is 0 Å². The maximum Gasteiger partial charge on any atom is 0.0575 e. The molecule has 1 nitrogen and oxygen atoms in total. The maximum atomic E-state index is 5.87. The Hall–Kier alpha value is -0.0400. The normalized spacial score (nSPS) is 28.7. The van der Waals surface area contributed by atoms with Gasteiger partial charge < -0.3 is 4.74 Å². The van der Waals surface area contributed by atoms with Crippen LogP contribution in [0.4, 0.5) is 0 Å². The SMILES string of the molecule is CC(C)CO[C@H]1CC[C@H](C(C)C)CC1. The van der Waals surface area contributed by atoms with Gasteiger partial charge in [0.15, 0.2) is 0 Å². The first-order valence-corrected chi connectivity index (χ1v) is 6.21. The van der Waals surface area contributed by atoms with Crippen LogP contribution in [0.3, 0.4) is 0 Å². The molecule has 0 atom stereocenters. The first-order valence-electron chi connectivity index (χ1n) is 6.21. The largest absolute Gasteiger partial charge is 0.378 e. The second-order valence-electron chi connectivity index (χ2n) is 5.51. The molecule has 1 rings (SSSR count). The van der Waals surface area contributed by atoms with E-state index in [1.807, 2.05) is 0 Å². The maximum absolute atomic E-state index is 5.87. The smallest absolute Gasteiger partial charge is 0.0575 e. The quantitative estimate of drug-likeness (QED) is 0.666. The highest BCUT2D eigenvalue weighted by atomic mass is 16.5. The van der Waals surface area contributed by atoms with Crippen LogP contribution in [0.1, 0.15) is 53.4 Å². The molecule has 0 saturated heterocycles. The lowest BCUT2D eigenvalue weighted by Gasteiger charge is -2.31. The molecule has 0 aromatic carbocycles. The van der Waals surface area contributed by atoms with Gasteiger partial charge in [-0.05, 0) is 43.4 Å². The molecule has 0 aromatic heterocycles. The summed E-state index contributed by atoms with van der Waals surface area (Å²) in [5.41, 5.74) is 0. The summed E-state index contributed by atoms with van der Waals surface area (Å²) >= 11 is 0. The van der Waals surface area contributed by atoms with Gasteiger partial charge in [-0.1, -0.05) is 27.7 Å². The van der Waals surface area contributed by atoms with Gasteiger partial charge in [-0.3, -0.25) is 0 Å². The van der Waals surface area contributed by atoms with Crippen molar-refractivity contribution in [2.24, 2.45) is 17.8 Å². The fourth-order valence-corrected chi connectivity index (χ4v) is 2.25. The van der Waals surface area contributed by atoms with Crippen molar-refractivity contribution in [3.05, 3.63) is 0 Å². The molecule has 0 N–H and O–H groups in total. The van der Waals surface area contributed by atoms with Gasteiger partial charge in [0.2, 0.25) is 0 Å². The molecule has 0 aromatic rings. The van der Waals surface area contributed by atoms with Crippen LogP contribution in [0, 0.1) is 17.8 Å². The third kappa shape index (κ3) is 4.00. The Bertz CT molecular complexity index is 143. The summed E-state index contributed by atoms with van der Waals surface area (Å²) in [5.74, 6) is 2.49. The van der Waals surface area contributed by atoms with E-state index in [0.29, 0.717) is 12.0 Å². The first kappa shape index (κ1) is 12.0. The van der Waals surface area contributed by atoms with E-state index in [2.05, 4.69) is 27.7 Å². The van der Waals surface area contributed by atoms with Gasteiger partial charge >= 0.3 is 0 Å². The van der Waals surface area contributed by atoms with Crippen molar-refractivity contribution in [3.63, 3.8) is 0 Å². The van der Waals surface area contributed by atoms with Crippen LogP contribution < -0.4 is 0 Å². The van der Waals surface area contributed by atoms with E-state index < -0.39 is 0 Å². The Morgan fingerprint density at radius 1 is 1.00 bits per heavy atom. The zero-order valence-electron chi connectivity index (χ0n) is 10.3. The molecule has 0 amide bonds. The van der Waals surface area contributed by atoms with Crippen LogP contribution in [0.15, 0.2) is 0 Å². The van der Waals surface area contributed by atoms with Gasteiger partial charge in [-0.25, -0.2) is 0 Å². The molecule has 1 saturated carbocycles. The van der Waals surface area contributed by atoms with Gasteiger partial charge in [0.25, 0.3) is 0 Å². The summed E-state index contributed by atoms with van der Waals surface area (Å²) < 4.78 is 5.87. The van der Waals surface area contributed by atoms with Crippen LogP contribution in [-0.2, 0) is 4.74 Å². The van der Waals surface area contributed by atoms with E-state index in [1.54, 1.807) is 0 Å². The number of hydrogen-bond donors (Lipinski definition) is 0. The second-order valence-corrected chi connectivity index (χ2v) is 5.51. The molecule has 1 aliphatic carbocycles. The minimum Gasteiger partial charge on any atom is -0.378 e. The fourth-order valence-electron chi connectivity index (χ4n) is 2.25. The molecule has 1 fully saturated rings. The zero-order valence-corrected chi connectivity index (χ0v) is 10.3. The Labute approximate surface area is 89.2 Å². The average molecular weight is 198 g/mol. The standard InChI is InChI=1S/C13H26O/c1-10(2)9-14-13-7-5-12(6-8-13)11(3)4/h10-13H,5-9H2,1-4H3/t12-,13-. The molecule has 14 heavy (non-hydrogen) atoms. The van der Waals surface area contributed by atoms with Crippen molar-refractivity contribution < 1.29 is 4.74 Å². The molecule has 0 heterocycles. The highest BCUT2D eigenvalue weighted by molar-refractivity contribution is 4.74. The fraction of sp³-hybridized carbons (Fsp3) is 1.00. The van der Waals surface area contributed by atoms with E-state index in [0.717, 1.165) is 18.4 Å². The third-order valence-electron chi connectivity index (χ3n) is 3.33. The summed E-state index contributed by atoms with van der Waals surface area (Å²) in [5, 5.41) is 0. The predicted molar refractivity (Wildman–Crippen MR) is 61.4 cm³/mol. The lowest BCUT2D eigenvalue weighted by Crippen LogP contribution is -2.25. The number of hydrogen-bond acceptors (Lipinski definition) is 1. The molecule has 1 heteroatoms. The van der Waals surface area contributed by atoms with Crippen molar-refractivity contribution in [3.8, 4) is 0 Å². The Balaban J connectivity index is 2.16. The van der Waals surface area contributed by atoms with Crippen molar-refractivity contribution in [1.29, 1.82) is 0 Å². The molecule has 0 aliphatic heterocycles. The minimum absolute atomic E-state index is 0.562. The highest BCUT2D eigenvalue weighted by Crippen LogP contribution is 2.31. The summed E-state index contributed by atoms with van der Waals surface area (Å²) in [6.45, 7) is 10.1. The molecular weight excluding hydrogens is 172 g/mol. The summed E-state index contributed by atoms with van der Waals surface area (Å²) in [6, 6.07) is 0. The van der Waals surface area contributed by atoms with Crippen molar-refractivity contribution >= 4 is 0 Å². The zero-order chi connectivity index (χ0) is 10.6. The van der Waals surface area contributed by atoms with Crippen LogP contribution in [0.5, 0.6) is 0 Å². The summed E-state index contributed by atoms with van der Waals surface area (Å²) in [7, 11) is 0. The molecular formula is C13H26O. The highest BCUT2D eigenvalue weighted by Gasteiger charge is 2.23. The van der Waals surface area contributed by atoms with E-state index in [1.165, 1.54) is 25.7 Å². The molecule has 84 valence electrons. The van der Waals surface area contributed by atoms with Gasteiger partial charge in [0.1, 0.15) is 0 Å². The monoisotopic (exact) mass is 198 g/mol. The van der Waals surface area contributed by atoms with Gasteiger partial charge in [-0.2, -0.15) is 0 Å². The molecule has 0 bridgehead atoms. The lowest BCUT2D eigenvalue weighted by atomic mass is 9.80. The van der Waals surface area contributed by atoms with Crippen LogP contribution in [0.25, 0.3) is 0 Å². The average Bonchev–Trinajstić information content (AvgIpc) is 2.15. The van der Waals surface area contributed by atoms with E-state index in [9.17, 15) is 0 Å². The first-order chi connectivity index (χ1) is 6.59. The molecule has 0 spiro atoms. The van der Waals surface area contributed by atoms with Crippen molar-refractivity contribution in [1.82, 2.24) is 0 Å². The lowest BCUT2D eigenvalue weighted by molar-refractivity contribution is 0.000293. The third-order valence-corrected chi connectivity index (χ3v) is 3.33. The molecule has 0 unspecified atom stereocenters. The van der Waals surface area contributed by atoms with Gasteiger partial charge in [0.05, 0.1) is 6.10 Å².